The number of nitrogens with one attached hydrogen (secondary N) is 2. The first-order valence-electron chi connectivity index (χ1n) is 7.07. The molecule has 20 heavy (non-hydrogen) atoms. The van der Waals surface area contributed by atoms with Gasteiger partial charge in [0.15, 0.2) is 0 Å². The Morgan fingerprint density at radius 3 is 2.15 bits per heavy atom. The first-order valence-corrected chi connectivity index (χ1v) is 7.86. The number of hydrogen-bond donors (Lipinski definition) is 4. The molecule has 1 amide bonds. The topological polar surface area (TPSA) is 104 Å². The lowest BCUT2D eigenvalue weighted by Gasteiger charge is -2.15. The number of carboxylic acids is 1. The average Bonchev–Trinajstić information content (AvgIpc) is 3.06. The smallest absolute Gasteiger partial charge is 0.308 e. The van der Waals surface area contributed by atoms with Crippen LogP contribution in [0, 0.1) is 11.8 Å². The zero-order valence-corrected chi connectivity index (χ0v) is 13.4. The molecule has 0 aliphatic heterocycles. The van der Waals surface area contributed by atoms with Gasteiger partial charge >= 0.3 is 5.97 Å². The second kappa shape index (κ2) is 8.59. The molecule has 2 aliphatic rings. The lowest BCUT2D eigenvalue weighted by molar-refractivity contribution is -0.141. The van der Waals surface area contributed by atoms with Gasteiger partial charge in [0.05, 0.1) is 11.8 Å². The summed E-state index contributed by atoms with van der Waals surface area (Å²) in [7, 11) is 1.91. The van der Waals surface area contributed by atoms with E-state index in [1.807, 2.05) is 7.05 Å². The fourth-order valence-electron chi connectivity index (χ4n) is 2.98. The van der Waals surface area contributed by atoms with Crippen molar-refractivity contribution in [3.8, 4) is 0 Å². The maximum Gasteiger partial charge on any atom is 0.308 e. The van der Waals surface area contributed by atoms with Gasteiger partial charge in [0.1, 0.15) is 0 Å². The summed E-state index contributed by atoms with van der Waals surface area (Å²) >= 11 is 2.95. The van der Waals surface area contributed by atoms with Gasteiger partial charge in [-0.1, -0.05) is 12.8 Å². The Morgan fingerprint density at radius 1 is 1.15 bits per heavy atom. The van der Waals surface area contributed by atoms with Crippen molar-refractivity contribution in [2.45, 2.75) is 50.6 Å². The van der Waals surface area contributed by atoms with Gasteiger partial charge in [-0.05, 0) is 32.7 Å². The molecule has 2 fully saturated rings. The van der Waals surface area contributed by atoms with E-state index in [4.69, 9.17) is 10.8 Å². The quantitative estimate of drug-likeness (QED) is 0.569. The molecule has 2 saturated carbocycles. The highest BCUT2D eigenvalue weighted by atomic mass is 79.9. The maximum absolute atomic E-state index is 11.2. The highest BCUT2D eigenvalue weighted by Gasteiger charge is 2.31. The van der Waals surface area contributed by atoms with Crippen molar-refractivity contribution < 1.29 is 14.7 Å². The van der Waals surface area contributed by atoms with Crippen molar-refractivity contribution in [2.24, 2.45) is 17.6 Å². The highest BCUT2D eigenvalue weighted by molar-refractivity contribution is 9.08. The predicted molar refractivity (Wildman–Crippen MR) is 80.2 cm³/mol. The lowest BCUT2D eigenvalue weighted by Crippen LogP contribution is -2.37. The molecule has 116 valence electrons. The Labute approximate surface area is 128 Å². The number of carbonyl (C=O) groups excluding carboxylic acids is 1. The Balaban J connectivity index is 0.000000204. The van der Waals surface area contributed by atoms with Gasteiger partial charge in [0.25, 0.3) is 0 Å². The number of aliphatic carboxylic acids is 1. The number of hydrogen-bond acceptors (Lipinski definition) is 4. The summed E-state index contributed by atoms with van der Waals surface area (Å²) in [6, 6.07) is 0.273. The molecule has 7 heteroatoms. The van der Waals surface area contributed by atoms with Crippen LogP contribution in [0.25, 0.3) is 0 Å². The zero-order valence-electron chi connectivity index (χ0n) is 11.8. The standard InChI is InChI=1S/C7H13BrN2O.C6H11NO2/c1-9-6-4-2-3-5(6)7(11)10-8;7-5-3-1-2-4(5)6(8)9/h5-6,9H,2-4H2,1H3,(H,10,11);4-5H,1-3,7H2,(H,8,9). The average molecular weight is 350 g/mol. The van der Waals surface area contributed by atoms with Crippen LogP contribution in [-0.2, 0) is 9.59 Å². The van der Waals surface area contributed by atoms with Crippen LogP contribution in [0.4, 0.5) is 0 Å². The van der Waals surface area contributed by atoms with Crippen LogP contribution in [0.3, 0.4) is 0 Å². The van der Waals surface area contributed by atoms with Crippen molar-refractivity contribution in [2.75, 3.05) is 7.05 Å². The first-order chi connectivity index (χ1) is 9.51. The molecule has 5 N–H and O–H groups in total. The molecule has 0 aromatic carbocycles. The number of carbonyl (C=O) groups is 2. The zero-order chi connectivity index (χ0) is 15.1. The summed E-state index contributed by atoms with van der Waals surface area (Å²) < 4.78 is 2.50. The van der Waals surface area contributed by atoms with Crippen molar-refractivity contribution in [3.63, 3.8) is 0 Å². The van der Waals surface area contributed by atoms with E-state index in [2.05, 4.69) is 25.8 Å². The molecule has 0 radical (unpaired) electrons. The molecular formula is C13H24BrN3O3. The van der Waals surface area contributed by atoms with Gasteiger partial charge in [-0.2, -0.15) is 0 Å². The van der Waals surface area contributed by atoms with E-state index in [1.54, 1.807) is 0 Å². The Hall–Kier alpha value is -0.660. The SMILES string of the molecule is CNC1CCCC1C(=O)NBr.NC1CCCC1C(=O)O. The summed E-state index contributed by atoms with van der Waals surface area (Å²) in [6.45, 7) is 0. The largest absolute Gasteiger partial charge is 0.481 e. The molecule has 4 unspecified atom stereocenters. The van der Waals surface area contributed by atoms with Crippen LogP contribution in [-0.4, -0.2) is 36.1 Å². The fourth-order valence-corrected chi connectivity index (χ4v) is 3.28. The van der Waals surface area contributed by atoms with Gasteiger partial charge in [-0.3, -0.25) is 13.9 Å². The third-order valence-corrected chi connectivity index (χ3v) is 4.59. The summed E-state index contributed by atoms with van der Waals surface area (Å²) in [5, 5.41) is 11.7. The Morgan fingerprint density at radius 2 is 1.75 bits per heavy atom. The predicted octanol–water partition coefficient (Wildman–Crippen LogP) is 0.999. The minimum atomic E-state index is -0.736. The van der Waals surface area contributed by atoms with Crippen molar-refractivity contribution in [3.05, 3.63) is 0 Å². The number of amides is 1. The van der Waals surface area contributed by atoms with E-state index >= 15 is 0 Å². The number of nitrogens with two attached hydrogens (primary N) is 1. The number of halogens is 1. The maximum atomic E-state index is 11.2. The van der Waals surface area contributed by atoms with E-state index in [9.17, 15) is 9.59 Å². The summed E-state index contributed by atoms with van der Waals surface area (Å²) in [4.78, 5) is 21.5. The van der Waals surface area contributed by atoms with Gasteiger partial charge in [-0.15, -0.1) is 0 Å². The van der Waals surface area contributed by atoms with Crippen LogP contribution in [0.5, 0.6) is 0 Å². The van der Waals surface area contributed by atoms with E-state index in [0.29, 0.717) is 6.04 Å². The van der Waals surface area contributed by atoms with Crippen molar-refractivity contribution in [1.29, 1.82) is 0 Å². The van der Waals surface area contributed by atoms with E-state index in [0.717, 1.165) is 38.5 Å². The van der Waals surface area contributed by atoms with E-state index in [-0.39, 0.29) is 23.8 Å². The molecule has 0 spiro atoms. The van der Waals surface area contributed by atoms with Gasteiger partial charge < -0.3 is 16.2 Å². The Bertz CT molecular complexity index is 341. The third-order valence-electron chi connectivity index (χ3n) is 4.20. The van der Waals surface area contributed by atoms with Crippen LogP contribution in [0.2, 0.25) is 0 Å². The van der Waals surface area contributed by atoms with Crippen LogP contribution < -0.4 is 15.4 Å². The lowest BCUT2D eigenvalue weighted by atomic mass is 10.0. The molecule has 2 aliphatic carbocycles. The molecule has 0 bridgehead atoms. The van der Waals surface area contributed by atoms with Crippen LogP contribution in [0.15, 0.2) is 0 Å². The third kappa shape index (κ3) is 4.71. The molecule has 0 aromatic rings. The van der Waals surface area contributed by atoms with Crippen molar-refractivity contribution >= 4 is 28.0 Å². The molecule has 4 atom stereocenters. The monoisotopic (exact) mass is 349 g/mol. The summed E-state index contributed by atoms with van der Waals surface area (Å²) in [6.07, 6.45) is 5.87. The molecule has 0 heterocycles. The Kier molecular flexibility index (Phi) is 7.47. The summed E-state index contributed by atoms with van der Waals surface area (Å²) in [5.41, 5.74) is 5.50. The number of carboxylic acid groups (broad SMARTS) is 1. The fraction of sp³-hybridized carbons (Fsp3) is 0.846. The highest BCUT2D eigenvalue weighted by Crippen LogP contribution is 2.25. The van der Waals surface area contributed by atoms with Crippen LogP contribution in [0.1, 0.15) is 38.5 Å². The number of rotatable bonds is 3. The minimum absolute atomic E-state index is 0.0949. The second-order valence-corrected chi connectivity index (χ2v) is 5.83. The van der Waals surface area contributed by atoms with Gasteiger partial charge in [-0.25, -0.2) is 0 Å². The summed E-state index contributed by atoms with van der Waals surface area (Å²) in [5.74, 6) is -0.758. The normalized spacial score (nSPS) is 32.4. The molecule has 0 saturated heterocycles. The van der Waals surface area contributed by atoms with Gasteiger partial charge in [0.2, 0.25) is 5.91 Å². The second-order valence-electron chi connectivity index (χ2n) is 5.43. The van der Waals surface area contributed by atoms with Gasteiger partial charge in [0, 0.05) is 28.2 Å². The van der Waals surface area contributed by atoms with E-state index in [1.165, 1.54) is 0 Å². The minimum Gasteiger partial charge on any atom is -0.481 e. The van der Waals surface area contributed by atoms with E-state index < -0.39 is 5.97 Å². The first kappa shape index (κ1) is 17.4. The molecule has 0 aromatic heterocycles. The van der Waals surface area contributed by atoms with Crippen molar-refractivity contribution in [1.82, 2.24) is 9.66 Å². The molecule has 6 nitrogen and oxygen atoms in total. The molecule has 2 rings (SSSR count). The molecular weight excluding hydrogens is 326 g/mol. The van der Waals surface area contributed by atoms with Crippen LogP contribution >= 0.6 is 16.1 Å².